The number of benzene rings is 1. The number of carboxylic acid groups (broad SMARTS) is 1. The van der Waals surface area contributed by atoms with E-state index in [1.807, 2.05) is 30.3 Å². The van der Waals surface area contributed by atoms with Gasteiger partial charge in [-0.2, -0.15) is 0 Å². The van der Waals surface area contributed by atoms with Crippen molar-refractivity contribution < 1.29 is 9.90 Å². The van der Waals surface area contributed by atoms with Crippen LogP contribution in [-0.4, -0.2) is 23.7 Å². The first-order chi connectivity index (χ1) is 7.74. The molecule has 1 aromatic rings. The lowest BCUT2D eigenvalue weighted by atomic mass is 10.1. The third-order valence-electron chi connectivity index (χ3n) is 2.50. The Morgan fingerprint density at radius 1 is 1.38 bits per heavy atom. The van der Waals surface area contributed by atoms with E-state index >= 15 is 0 Å². The summed E-state index contributed by atoms with van der Waals surface area (Å²) in [6.07, 6.45) is 2.63. The standard InChI is InChI=1S/C13H19NO2/c1-2-3-9-14-12(13(15)16)10-11-7-5-4-6-8-11/h4-8,12,14H,2-3,9-10H2,1H3,(H,15,16)/t12-/m1/s1. The summed E-state index contributed by atoms with van der Waals surface area (Å²) in [6.45, 7) is 2.86. The first kappa shape index (κ1) is 12.7. The molecule has 88 valence electrons. The molecule has 0 aliphatic heterocycles. The highest BCUT2D eigenvalue weighted by atomic mass is 16.4. The van der Waals surface area contributed by atoms with Gasteiger partial charge in [0, 0.05) is 0 Å². The van der Waals surface area contributed by atoms with Crippen LogP contribution in [0.15, 0.2) is 30.3 Å². The molecule has 0 radical (unpaired) electrons. The van der Waals surface area contributed by atoms with Crippen LogP contribution in [0.3, 0.4) is 0 Å². The van der Waals surface area contributed by atoms with E-state index in [9.17, 15) is 4.79 Å². The van der Waals surface area contributed by atoms with Crippen molar-refractivity contribution in [3.05, 3.63) is 35.9 Å². The predicted octanol–water partition coefficient (Wildman–Crippen LogP) is 2.07. The Labute approximate surface area is 96.5 Å². The topological polar surface area (TPSA) is 49.3 Å². The van der Waals surface area contributed by atoms with Crippen molar-refractivity contribution in [1.29, 1.82) is 0 Å². The molecule has 0 unspecified atom stereocenters. The minimum absolute atomic E-state index is 0.478. The molecule has 0 spiro atoms. The molecule has 0 saturated carbocycles. The van der Waals surface area contributed by atoms with Crippen molar-refractivity contribution >= 4 is 5.97 Å². The second-order valence-corrected chi connectivity index (χ2v) is 3.89. The van der Waals surface area contributed by atoms with E-state index in [1.54, 1.807) is 0 Å². The molecule has 2 N–H and O–H groups in total. The summed E-state index contributed by atoms with van der Waals surface area (Å²) in [6, 6.07) is 9.23. The molecule has 3 nitrogen and oxygen atoms in total. The van der Waals surface area contributed by atoms with Gasteiger partial charge in [-0.3, -0.25) is 4.79 Å². The van der Waals surface area contributed by atoms with Gasteiger partial charge >= 0.3 is 5.97 Å². The average Bonchev–Trinajstić information content (AvgIpc) is 2.29. The molecule has 0 aliphatic rings. The zero-order chi connectivity index (χ0) is 11.8. The zero-order valence-electron chi connectivity index (χ0n) is 9.65. The van der Waals surface area contributed by atoms with Crippen LogP contribution < -0.4 is 5.32 Å². The smallest absolute Gasteiger partial charge is 0.321 e. The molecule has 0 aliphatic carbocycles. The Hall–Kier alpha value is -1.35. The first-order valence-electron chi connectivity index (χ1n) is 5.74. The molecule has 0 fully saturated rings. The molecule has 1 aromatic carbocycles. The number of carboxylic acids is 1. The Bertz CT molecular complexity index is 311. The normalized spacial score (nSPS) is 12.3. The van der Waals surface area contributed by atoms with Gasteiger partial charge in [0.05, 0.1) is 0 Å². The van der Waals surface area contributed by atoms with Gasteiger partial charge in [-0.1, -0.05) is 43.7 Å². The van der Waals surface area contributed by atoms with E-state index < -0.39 is 12.0 Å². The molecule has 1 rings (SSSR count). The van der Waals surface area contributed by atoms with Gasteiger partial charge < -0.3 is 10.4 Å². The van der Waals surface area contributed by atoms with Crippen LogP contribution in [0.25, 0.3) is 0 Å². The van der Waals surface area contributed by atoms with Gasteiger partial charge in [0.25, 0.3) is 0 Å². The summed E-state index contributed by atoms with van der Waals surface area (Å²) < 4.78 is 0. The van der Waals surface area contributed by atoms with Crippen LogP contribution in [0, 0.1) is 0 Å². The summed E-state index contributed by atoms with van der Waals surface area (Å²) in [5, 5.41) is 12.1. The summed E-state index contributed by atoms with van der Waals surface area (Å²) in [5.41, 5.74) is 1.05. The van der Waals surface area contributed by atoms with Gasteiger partial charge in [-0.15, -0.1) is 0 Å². The number of aliphatic carboxylic acids is 1. The summed E-state index contributed by atoms with van der Waals surface area (Å²) in [4.78, 5) is 11.0. The maximum atomic E-state index is 11.0. The second-order valence-electron chi connectivity index (χ2n) is 3.89. The molecule has 3 heteroatoms. The van der Waals surface area contributed by atoms with Crippen molar-refractivity contribution in [2.45, 2.75) is 32.2 Å². The van der Waals surface area contributed by atoms with Gasteiger partial charge in [0.1, 0.15) is 6.04 Å². The lowest BCUT2D eigenvalue weighted by molar-refractivity contribution is -0.139. The number of hydrogen-bond acceptors (Lipinski definition) is 2. The Balaban J connectivity index is 2.48. The molecule has 0 saturated heterocycles. The molecule has 0 aromatic heterocycles. The highest BCUT2D eigenvalue weighted by Crippen LogP contribution is 2.03. The molecule has 16 heavy (non-hydrogen) atoms. The fraction of sp³-hybridized carbons (Fsp3) is 0.462. The van der Waals surface area contributed by atoms with Gasteiger partial charge in [-0.25, -0.2) is 0 Å². The van der Waals surface area contributed by atoms with Crippen molar-refractivity contribution in [3.63, 3.8) is 0 Å². The minimum atomic E-state index is -0.778. The Morgan fingerprint density at radius 2 is 2.06 bits per heavy atom. The number of carbonyl (C=O) groups is 1. The number of unbranched alkanes of at least 4 members (excludes halogenated alkanes) is 1. The van der Waals surface area contributed by atoms with E-state index in [0.717, 1.165) is 24.9 Å². The zero-order valence-corrected chi connectivity index (χ0v) is 9.65. The van der Waals surface area contributed by atoms with E-state index in [-0.39, 0.29) is 0 Å². The van der Waals surface area contributed by atoms with Crippen molar-refractivity contribution in [1.82, 2.24) is 5.32 Å². The lowest BCUT2D eigenvalue weighted by Crippen LogP contribution is -2.39. The van der Waals surface area contributed by atoms with Gasteiger partial charge in [-0.05, 0) is 24.9 Å². The SMILES string of the molecule is CCCCN[C@H](Cc1ccccc1)C(=O)O. The van der Waals surface area contributed by atoms with Crippen LogP contribution in [0.2, 0.25) is 0 Å². The summed E-state index contributed by atoms with van der Waals surface area (Å²) in [5.74, 6) is -0.778. The van der Waals surface area contributed by atoms with Gasteiger partial charge in [0.2, 0.25) is 0 Å². The average molecular weight is 221 g/mol. The molecular formula is C13H19NO2. The van der Waals surface area contributed by atoms with Crippen LogP contribution in [0.1, 0.15) is 25.3 Å². The van der Waals surface area contributed by atoms with E-state index in [1.165, 1.54) is 0 Å². The fourth-order valence-corrected chi connectivity index (χ4v) is 1.55. The quantitative estimate of drug-likeness (QED) is 0.693. The van der Waals surface area contributed by atoms with Crippen molar-refractivity contribution in [2.24, 2.45) is 0 Å². The van der Waals surface area contributed by atoms with Crippen molar-refractivity contribution in [3.8, 4) is 0 Å². The molecule has 0 bridgehead atoms. The van der Waals surface area contributed by atoms with Gasteiger partial charge in [0.15, 0.2) is 0 Å². The van der Waals surface area contributed by atoms with Crippen LogP contribution in [-0.2, 0) is 11.2 Å². The number of hydrogen-bond donors (Lipinski definition) is 2. The number of nitrogens with one attached hydrogen (secondary N) is 1. The summed E-state index contributed by atoms with van der Waals surface area (Å²) >= 11 is 0. The van der Waals surface area contributed by atoms with Crippen molar-refractivity contribution in [2.75, 3.05) is 6.54 Å². The maximum Gasteiger partial charge on any atom is 0.321 e. The molecule has 0 amide bonds. The van der Waals surface area contributed by atoms with Crippen LogP contribution in [0.5, 0.6) is 0 Å². The second kappa shape index (κ2) is 7.01. The number of rotatable bonds is 7. The first-order valence-corrected chi connectivity index (χ1v) is 5.74. The van der Waals surface area contributed by atoms with Crippen LogP contribution >= 0.6 is 0 Å². The largest absolute Gasteiger partial charge is 0.480 e. The third-order valence-corrected chi connectivity index (χ3v) is 2.50. The highest BCUT2D eigenvalue weighted by molar-refractivity contribution is 5.73. The third kappa shape index (κ3) is 4.45. The minimum Gasteiger partial charge on any atom is -0.480 e. The lowest BCUT2D eigenvalue weighted by Gasteiger charge is -2.14. The predicted molar refractivity (Wildman–Crippen MR) is 64.5 cm³/mol. The van der Waals surface area contributed by atoms with E-state index in [4.69, 9.17) is 5.11 Å². The molecular weight excluding hydrogens is 202 g/mol. The van der Waals surface area contributed by atoms with Crippen LogP contribution in [0.4, 0.5) is 0 Å². The maximum absolute atomic E-state index is 11.0. The summed E-state index contributed by atoms with van der Waals surface area (Å²) in [7, 11) is 0. The van der Waals surface area contributed by atoms with E-state index in [0.29, 0.717) is 6.42 Å². The fourth-order valence-electron chi connectivity index (χ4n) is 1.55. The highest BCUT2D eigenvalue weighted by Gasteiger charge is 2.16. The molecule has 1 atom stereocenters. The monoisotopic (exact) mass is 221 g/mol. The molecule has 0 heterocycles. The Morgan fingerprint density at radius 3 is 2.62 bits per heavy atom. The Kier molecular flexibility index (Phi) is 5.57. The van der Waals surface area contributed by atoms with E-state index in [2.05, 4.69) is 12.2 Å².